The number of amides is 1. The molecule has 1 aliphatic heterocycles. The lowest BCUT2D eigenvalue weighted by Gasteiger charge is -2.43. The Morgan fingerprint density at radius 2 is 1.83 bits per heavy atom. The van der Waals surface area contributed by atoms with Crippen LogP contribution in [-0.4, -0.2) is 76.8 Å². The highest BCUT2D eigenvalue weighted by molar-refractivity contribution is 5.86. The Morgan fingerprint density at radius 1 is 1.07 bits per heavy atom. The lowest BCUT2D eigenvalue weighted by molar-refractivity contribution is -0.0178. The van der Waals surface area contributed by atoms with Crippen LogP contribution in [0.25, 0.3) is 33.4 Å². The van der Waals surface area contributed by atoms with Gasteiger partial charge in [-0.3, -0.25) is 0 Å². The van der Waals surface area contributed by atoms with E-state index in [2.05, 4.69) is 9.88 Å². The number of fused-ring (bicyclic) bond motifs is 2. The minimum absolute atomic E-state index is 0.0736. The number of ether oxygens (including phenoxy) is 3. The number of benzene rings is 1. The smallest absolute Gasteiger partial charge is 0.410 e. The third-order valence-electron chi connectivity index (χ3n) is 7.67. The van der Waals surface area contributed by atoms with E-state index in [1.807, 2.05) is 57.2 Å². The molecule has 222 valence electrons. The van der Waals surface area contributed by atoms with Crippen molar-refractivity contribution in [1.82, 2.24) is 19.9 Å². The number of anilines is 1. The fourth-order valence-electron chi connectivity index (χ4n) is 5.67. The van der Waals surface area contributed by atoms with E-state index < -0.39 is 11.8 Å². The van der Waals surface area contributed by atoms with Gasteiger partial charge in [-0.15, -0.1) is 0 Å². The Bertz CT molecular complexity index is 1610. The molecule has 2 fully saturated rings. The van der Waals surface area contributed by atoms with E-state index in [1.54, 1.807) is 18.9 Å². The summed E-state index contributed by atoms with van der Waals surface area (Å²) < 4.78 is 36.2. The second-order valence-corrected chi connectivity index (χ2v) is 12.0. The SMILES string of the molecule is COCOc1cc2nc(C)oc2cc1-c1ccc2nc(N3CCC(N(C(=O)OC(C)(C)C)C4CC(F)C4)C3)ccc2n1. The second kappa shape index (κ2) is 11.0. The number of alkyl halides is 1. The van der Waals surface area contributed by atoms with Gasteiger partial charge in [-0.05, 0) is 70.4 Å². The molecule has 1 amide bonds. The number of pyridine rings is 2. The van der Waals surface area contributed by atoms with Crippen LogP contribution in [0.4, 0.5) is 15.0 Å². The molecule has 0 N–H and O–H groups in total. The predicted molar refractivity (Wildman–Crippen MR) is 156 cm³/mol. The Balaban J connectivity index is 1.24. The first-order chi connectivity index (χ1) is 20.1. The average Bonchev–Trinajstić information content (AvgIpc) is 3.54. The molecule has 3 aromatic heterocycles. The summed E-state index contributed by atoms with van der Waals surface area (Å²) in [5.41, 5.74) is 3.68. The van der Waals surface area contributed by atoms with Gasteiger partial charge in [0, 0.05) is 44.8 Å². The van der Waals surface area contributed by atoms with Gasteiger partial charge in [0.2, 0.25) is 0 Å². The molecule has 0 bridgehead atoms. The van der Waals surface area contributed by atoms with Crippen LogP contribution in [0.1, 0.15) is 45.9 Å². The van der Waals surface area contributed by atoms with E-state index in [-0.39, 0.29) is 25.0 Å². The standard InChI is InChI=1S/C31H36FN5O5/c1-18-33-26-15-27(40-17-39-5)22(14-28(26)41-18)23-6-7-25-24(34-23)8-9-29(35-25)36-11-10-20(16-36)37(21-12-19(32)13-21)30(38)42-31(2,3)4/h6-9,14-15,19-21H,10-13,16-17H2,1-5H3. The molecule has 1 saturated heterocycles. The minimum Gasteiger partial charge on any atom is -0.467 e. The molecule has 0 radical (unpaired) electrons. The van der Waals surface area contributed by atoms with Crippen molar-refractivity contribution in [3.63, 3.8) is 0 Å². The Morgan fingerprint density at radius 3 is 2.57 bits per heavy atom. The fourth-order valence-corrected chi connectivity index (χ4v) is 5.67. The predicted octanol–water partition coefficient (Wildman–Crippen LogP) is 6.05. The number of nitrogens with zero attached hydrogens (tertiary/aromatic N) is 5. The molecule has 0 spiro atoms. The summed E-state index contributed by atoms with van der Waals surface area (Å²) in [6.07, 6.45) is 0.249. The number of halogens is 1. The van der Waals surface area contributed by atoms with Crippen molar-refractivity contribution in [3.8, 4) is 17.0 Å². The number of oxazole rings is 1. The van der Waals surface area contributed by atoms with Crippen molar-refractivity contribution in [3.05, 3.63) is 42.3 Å². The zero-order chi connectivity index (χ0) is 29.6. The van der Waals surface area contributed by atoms with Gasteiger partial charge in [0.05, 0.1) is 22.8 Å². The van der Waals surface area contributed by atoms with Crippen LogP contribution in [0.2, 0.25) is 0 Å². The lowest BCUT2D eigenvalue weighted by atomic mass is 9.88. The summed E-state index contributed by atoms with van der Waals surface area (Å²) >= 11 is 0. The van der Waals surface area contributed by atoms with E-state index >= 15 is 0 Å². The van der Waals surface area contributed by atoms with Crippen LogP contribution >= 0.6 is 0 Å². The van der Waals surface area contributed by atoms with E-state index in [4.69, 9.17) is 28.6 Å². The summed E-state index contributed by atoms with van der Waals surface area (Å²) in [5, 5.41) is 0. The van der Waals surface area contributed by atoms with Gasteiger partial charge in [-0.2, -0.15) is 0 Å². The fraction of sp³-hybridized carbons (Fsp3) is 0.484. The quantitative estimate of drug-likeness (QED) is 0.243. The monoisotopic (exact) mass is 577 g/mol. The maximum atomic E-state index is 13.8. The summed E-state index contributed by atoms with van der Waals surface area (Å²) in [5.74, 6) is 1.97. The van der Waals surface area contributed by atoms with Gasteiger partial charge in [0.15, 0.2) is 18.3 Å². The number of carbonyl (C=O) groups excluding carboxylic acids is 1. The number of hydrogen-bond acceptors (Lipinski definition) is 9. The second-order valence-electron chi connectivity index (χ2n) is 12.0. The maximum absolute atomic E-state index is 13.8. The van der Waals surface area contributed by atoms with Gasteiger partial charge in [0.1, 0.15) is 28.9 Å². The van der Waals surface area contributed by atoms with Gasteiger partial charge >= 0.3 is 6.09 Å². The molecule has 42 heavy (non-hydrogen) atoms. The molecule has 1 aromatic carbocycles. The number of aromatic nitrogens is 3. The van der Waals surface area contributed by atoms with Crippen LogP contribution in [0.5, 0.6) is 5.75 Å². The molecule has 1 aliphatic carbocycles. The Kier molecular flexibility index (Phi) is 7.38. The third kappa shape index (κ3) is 5.70. The molecule has 4 heterocycles. The van der Waals surface area contributed by atoms with Crippen LogP contribution < -0.4 is 9.64 Å². The highest BCUT2D eigenvalue weighted by Gasteiger charge is 2.43. The summed E-state index contributed by atoms with van der Waals surface area (Å²) in [6, 6.07) is 11.2. The van der Waals surface area contributed by atoms with Crippen molar-refractivity contribution >= 4 is 34.0 Å². The lowest BCUT2D eigenvalue weighted by Crippen LogP contribution is -2.55. The molecular formula is C31H36FN5O5. The number of aryl methyl sites for hydroxylation is 1. The van der Waals surface area contributed by atoms with Crippen LogP contribution in [0.15, 0.2) is 40.8 Å². The van der Waals surface area contributed by atoms with Crippen molar-refractivity contribution in [2.75, 3.05) is 31.9 Å². The van der Waals surface area contributed by atoms with Gasteiger partial charge in [-0.25, -0.2) is 24.1 Å². The Hall–Kier alpha value is -3.99. The van der Waals surface area contributed by atoms with Crippen molar-refractivity contribution in [2.45, 2.75) is 70.8 Å². The maximum Gasteiger partial charge on any atom is 0.410 e. The largest absolute Gasteiger partial charge is 0.467 e. The summed E-state index contributed by atoms with van der Waals surface area (Å²) in [6.45, 7) is 8.78. The molecule has 1 saturated carbocycles. The molecule has 1 atom stereocenters. The highest BCUT2D eigenvalue weighted by Crippen LogP contribution is 2.36. The van der Waals surface area contributed by atoms with Crippen molar-refractivity contribution in [1.29, 1.82) is 0 Å². The van der Waals surface area contributed by atoms with Crippen LogP contribution in [0, 0.1) is 6.92 Å². The first-order valence-corrected chi connectivity index (χ1v) is 14.3. The minimum atomic E-state index is -0.860. The topological polar surface area (TPSA) is 103 Å². The number of carbonyl (C=O) groups is 1. The van der Waals surface area contributed by atoms with Crippen LogP contribution in [-0.2, 0) is 9.47 Å². The van der Waals surface area contributed by atoms with E-state index in [1.165, 1.54) is 0 Å². The van der Waals surface area contributed by atoms with E-state index in [0.29, 0.717) is 47.8 Å². The number of methoxy groups -OCH3 is 1. The molecule has 11 heteroatoms. The molecule has 4 aromatic rings. The summed E-state index contributed by atoms with van der Waals surface area (Å²) in [4.78, 5) is 31.2. The molecular weight excluding hydrogens is 541 g/mol. The average molecular weight is 578 g/mol. The van der Waals surface area contributed by atoms with Gasteiger partial charge < -0.3 is 28.4 Å². The highest BCUT2D eigenvalue weighted by atomic mass is 19.1. The normalized spacial score (nSPS) is 20.6. The number of rotatable bonds is 7. The third-order valence-corrected chi connectivity index (χ3v) is 7.67. The zero-order valence-corrected chi connectivity index (χ0v) is 24.6. The van der Waals surface area contributed by atoms with E-state index in [0.717, 1.165) is 35.4 Å². The van der Waals surface area contributed by atoms with E-state index in [9.17, 15) is 9.18 Å². The Labute approximate surface area is 243 Å². The van der Waals surface area contributed by atoms with Crippen molar-refractivity contribution in [2.24, 2.45) is 0 Å². The van der Waals surface area contributed by atoms with Crippen LogP contribution in [0.3, 0.4) is 0 Å². The zero-order valence-electron chi connectivity index (χ0n) is 24.6. The van der Waals surface area contributed by atoms with Crippen molar-refractivity contribution < 1.29 is 27.8 Å². The molecule has 10 nitrogen and oxygen atoms in total. The van der Waals surface area contributed by atoms with Gasteiger partial charge in [-0.1, -0.05) is 0 Å². The van der Waals surface area contributed by atoms with Gasteiger partial charge in [0.25, 0.3) is 0 Å². The first kappa shape index (κ1) is 28.1. The molecule has 2 aliphatic rings. The first-order valence-electron chi connectivity index (χ1n) is 14.3. The number of hydrogen-bond donors (Lipinski definition) is 0. The molecule has 1 unspecified atom stereocenters. The summed E-state index contributed by atoms with van der Waals surface area (Å²) in [7, 11) is 1.57. The molecule has 6 rings (SSSR count).